The van der Waals surface area contributed by atoms with Crippen LogP contribution in [0.3, 0.4) is 0 Å². The van der Waals surface area contributed by atoms with Gasteiger partial charge in [0, 0.05) is 10.0 Å². The summed E-state index contributed by atoms with van der Waals surface area (Å²) in [5, 5.41) is 3.98. The zero-order chi connectivity index (χ0) is 14.4. The summed E-state index contributed by atoms with van der Waals surface area (Å²) < 4.78 is 6.17. The number of methoxy groups -OCH3 is 1. The SMILES string of the molecule is COc1ccc(Br)cc1/C=N/NC(=O)CN1CCCC1. The van der Waals surface area contributed by atoms with Crippen LogP contribution in [0.25, 0.3) is 0 Å². The molecule has 1 aliphatic heterocycles. The van der Waals surface area contributed by atoms with E-state index in [0.717, 1.165) is 23.1 Å². The summed E-state index contributed by atoms with van der Waals surface area (Å²) in [6.07, 6.45) is 3.93. The number of carbonyl (C=O) groups excluding carboxylic acids is 1. The molecule has 1 aliphatic rings. The molecule has 0 saturated carbocycles. The maximum absolute atomic E-state index is 11.7. The molecule has 1 aromatic rings. The van der Waals surface area contributed by atoms with Crippen LogP contribution in [-0.2, 0) is 4.79 Å². The molecule has 1 saturated heterocycles. The van der Waals surface area contributed by atoms with Gasteiger partial charge in [-0.2, -0.15) is 5.10 Å². The molecule has 0 aromatic heterocycles. The molecule has 0 aliphatic carbocycles. The monoisotopic (exact) mass is 339 g/mol. The quantitative estimate of drug-likeness (QED) is 0.659. The van der Waals surface area contributed by atoms with E-state index in [-0.39, 0.29) is 5.91 Å². The number of rotatable bonds is 5. The van der Waals surface area contributed by atoms with Crippen LogP contribution >= 0.6 is 15.9 Å². The van der Waals surface area contributed by atoms with Crippen molar-refractivity contribution in [2.24, 2.45) is 5.10 Å². The molecule has 0 atom stereocenters. The van der Waals surface area contributed by atoms with Gasteiger partial charge < -0.3 is 4.74 Å². The lowest BCUT2D eigenvalue weighted by molar-refractivity contribution is -0.121. The molecule has 6 heteroatoms. The molecular formula is C14H18BrN3O2. The fourth-order valence-corrected chi connectivity index (χ4v) is 2.54. The number of halogens is 1. The average Bonchev–Trinajstić information content (AvgIpc) is 2.92. The fraction of sp³-hybridized carbons (Fsp3) is 0.429. The van der Waals surface area contributed by atoms with Crippen LogP contribution in [0.2, 0.25) is 0 Å². The summed E-state index contributed by atoms with van der Waals surface area (Å²) in [7, 11) is 1.60. The van der Waals surface area contributed by atoms with Gasteiger partial charge in [0.05, 0.1) is 19.9 Å². The first kappa shape index (κ1) is 15.0. The van der Waals surface area contributed by atoms with Gasteiger partial charge in [-0.3, -0.25) is 9.69 Å². The van der Waals surface area contributed by atoms with Gasteiger partial charge in [0.1, 0.15) is 5.75 Å². The lowest BCUT2D eigenvalue weighted by Crippen LogP contribution is -2.33. The number of nitrogens with zero attached hydrogens (tertiary/aromatic N) is 2. The summed E-state index contributed by atoms with van der Waals surface area (Å²) in [5.74, 6) is 0.628. The summed E-state index contributed by atoms with van der Waals surface area (Å²) in [5.41, 5.74) is 3.36. The number of ether oxygens (including phenoxy) is 1. The van der Waals surface area contributed by atoms with Gasteiger partial charge in [-0.05, 0) is 44.1 Å². The molecule has 1 aromatic carbocycles. The molecule has 0 bridgehead atoms. The predicted octanol–water partition coefficient (Wildman–Crippen LogP) is 2.00. The van der Waals surface area contributed by atoms with E-state index in [4.69, 9.17) is 4.74 Å². The molecule has 1 amide bonds. The van der Waals surface area contributed by atoms with Gasteiger partial charge >= 0.3 is 0 Å². The minimum Gasteiger partial charge on any atom is -0.496 e. The number of hydrogen-bond donors (Lipinski definition) is 1. The second kappa shape index (κ2) is 7.40. The van der Waals surface area contributed by atoms with Gasteiger partial charge in [0.25, 0.3) is 5.91 Å². The van der Waals surface area contributed by atoms with E-state index in [2.05, 4.69) is 31.4 Å². The molecular weight excluding hydrogens is 322 g/mol. The molecule has 5 nitrogen and oxygen atoms in total. The molecule has 2 rings (SSSR count). The van der Waals surface area contributed by atoms with E-state index in [1.165, 1.54) is 12.8 Å². The zero-order valence-corrected chi connectivity index (χ0v) is 13.0. The summed E-state index contributed by atoms with van der Waals surface area (Å²) in [4.78, 5) is 13.8. The molecule has 1 N–H and O–H groups in total. The van der Waals surface area contributed by atoms with Gasteiger partial charge in [0.2, 0.25) is 0 Å². The minimum atomic E-state index is -0.0860. The third-order valence-electron chi connectivity index (χ3n) is 3.15. The van der Waals surface area contributed by atoms with Crippen LogP contribution in [0.1, 0.15) is 18.4 Å². The highest BCUT2D eigenvalue weighted by Crippen LogP contribution is 2.21. The van der Waals surface area contributed by atoms with Crippen molar-refractivity contribution in [3.63, 3.8) is 0 Å². The number of hydrazone groups is 1. The molecule has 0 spiro atoms. The van der Waals surface area contributed by atoms with Crippen LogP contribution in [0, 0.1) is 0 Å². The Morgan fingerprint density at radius 3 is 2.95 bits per heavy atom. The van der Waals surface area contributed by atoms with Crippen LogP contribution < -0.4 is 10.2 Å². The van der Waals surface area contributed by atoms with E-state index in [9.17, 15) is 4.79 Å². The number of benzene rings is 1. The molecule has 1 fully saturated rings. The molecule has 0 unspecified atom stereocenters. The number of hydrogen-bond acceptors (Lipinski definition) is 4. The number of likely N-dealkylation sites (tertiary alicyclic amines) is 1. The molecule has 0 radical (unpaired) electrons. The first-order chi connectivity index (χ1) is 9.69. The Hall–Kier alpha value is -1.40. The van der Waals surface area contributed by atoms with Gasteiger partial charge in [-0.25, -0.2) is 5.43 Å². The van der Waals surface area contributed by atoms with Crippen LogP contribution in [-0.4, -0.2) is 43.8 Å². The van der Waals surface area contributed by atoms with Crippen molar-refractivity contribution in [3.8, 4) is 5.75 Å². The topological polar surface area (TPSA) is 53.9 Å². The highest BCUT2D eigenvalue weighted by atomic mass is 79.9. The second-order valence-corrected chi connectivity index (χ2v) is 5.58. The predicted molar refractivity (Wildman–Crippen MR) is 82.1 cm³/mol. The highest BCUT2D eigenvalue weighted by molar-refractivity contribution is 9.10. The van der Waals surface area contributed by atoms with E-state index in [1.807, 2.05) is 18.2 Å². The minimum absolute atomic E-state index is 0.0860. The Balaban J connectivity index is 1.89. The smallest absolute Gasteiger partial charge is 0.254 e. The van der Waals surface area contributed by atoms with Crippen LogP contribution in [0.4, 0.5) is 0 Å². The largest absolute Gasteiger partial charge is 0.496 e. The average molecular weight is 340 g/mol. The third-order valence-corrected chi connectivity index (χ3v) is 3.64. The van der Waals surface area contributed by atoms with E-state index < -0.39 is 0 Å². The van der Waals surface area contributed by atoms with Gasteiger partial charge in [-0.1, -0.05) is 15.9 Å². The Bertz CT molecular complexity index is 499. The fourth-order valence-electron chi connectivity index (χ4n) is 2.16. The van der Waals surface area contributed by atoms with Crippen molar-refractivity contribution < 1.29 is 9.53 Å². The van der Waals surface area contributed by atoms with E-state index >= 15 is 0 Å². The normalized spacial score (nSPS) is 15.7. The second-order valence-electron chi connectivity index (χ2n) is 4.66. The van der Waals surface area contributed by atoms with Crippen molar-refractivity contribution in [2.45, 2.75) is 12.8 Å². The summed E-state index contributed by atoms with van der Waals surface area (Å²) in [6.45, 7) is 2.40. The lowest BCUT2D eigenvalue weighted by Gasteiger charge is -2.12. The zero-order valence-electron chi connectivity index (χ0n) is 11.4. The third kappa shape index (κ3) is 4.31. The number of carbonyl (C=O) groups is 1. The molecule has 108 valence electrons. The van der Waals surface area contributed by atoms with E-state index in [1.54, 1.807) is 13.3 Å². The lowest BCUT2D eigenvalue weighted by atomic mass is 10.2. The summed E-state index contributed by atoms with van der Waals surface area (Å²) >= 11 is 3.39. The maximum atomic E-state index is 11.7. The molecule has 20 heavy (non-hydrogen) atoms. The Morgan fingerprint density at radius 2 is 2.25 bits per heavy atom. The maximum Gasteiger partial charge on any atom is 0.254 e. The van der Waals surface area contributed by atoms with Crippen molar-refractivity contribution in [1.29, 1.82) is 0 Å². The van der Waals surface area contributed by atoms with Crippen LogP contribution in [0.5, 0.6) is 5.75 Å². The number of nitrogens with one attached hydrogen (secondary N) is 1. The first-order valence-corrected chi connectivity index (χ1v) is 7.36. The Labute approximate surface area is 127 Å². The Kier molecular flexibility index (Phi) is 5.55. The van der Waals surface area contributed by atoms with Gasteiger partial charge in [-0.15, -0.1) is 0 Å². The Morgan fingerprint density at radius 1 is 1.50 bits per heavy atom. The van der Waals surface area contributed by atoms with E-state index in [0.29, 0.717) is 12.3 Å². The molecule has 1 heterocycles. The van der Waals surface area contributed by atoms with Crippen LogP contribution in [0.15, 0.2) is 27.8 Å². The summed E-state index contributed by atoms with van der Waals surface area (Å²) in [6, 6.07) is 5.62. The first-order valence-electron chi connectivity index (χ1n) is 6.57. The van der Waals surface area contributed by atoms with Gasteiger partial charge in [0.15, 0.2) is 0 Å². The van der Waals surface area contributed by atoms with Crippen molar-refractivity contribution >= 4 is 28.1 Å². The number of amides is 1. The van der Waals surface area contributed by atoms with Crippen molar-refractivity contribution in [3.05, 3.63) is 28.2 Å². The van der Waals surface area contributed by atoms with Crippen molar-refractivity contribution in [1.82, 2.24) is 10.3 Å². The van der Waals surface area contributed by atoms with Crippen molar-refractivity contribution in [2.75, 3.05) is 26.7 Å². The highest BCUT2D eigenvalue weighted by Gasteiger charge is 2.14. The standard InChI is InChI=1S/C14H18BrN3O2/c1-20-13-5-4-12(15)8-11(13)9-16-17-14(19)10-18-6-2-3-7-18/h4-5,8-9H,2-3,6-7,10H2,1H3,(H,17,19)/b16-9+.